The molecule has 0 unspecified atom stereocenters. The molecule has 1 nitrogen and oxygen atoms in total. The SMILES string of the molecule is CCCCCCCCCCCCOCCCC/C=C/c1ccccc1. The second-order valence-electron chi connectivity index (χ2n) is 7.10. The fourth-order valence-corrected chi connectivity index (χ4v) is 3.04. The predicted molar refractivity (Wildman–Crippen MR) is 112 cm³/mol. The van der Waals surface area contributed by atoms with Gasteiger partial charge in [0.1, 0.15) is 0 Å². The van der Waals surface area contributed by atoms with E-state index in [0.717, 1.165) is 19.6 Å². The van der Waals surface area contributed by atoms with Crippen LogP contribution in [0, 0.1) is 0 Å². The monoisotopic (exact) mass is 344 g/mol. The van der Waals surface area contributed by atoms with Gasteiger partial charge < -0.3 is 4.74 Å². The van der Waals surface area contributed by atoms with Crippen molar-refractivity contribution in [3.63, 3.8) is 0 Å². The first kappa shape index (κ1) is 22.0. The van der Waals surface area contributed by atoms with Crippen LogP contribution in [-0.2, 0) is 4.74 Å². The van der Waals surface area contributed by atoms with E-state index in [-0.39, 0.29) is 0 Å². The Bertz CT molecular complexity index is 396. The van der Waals surface area contributed by atoms with Crippen molar-refractivity contribution >= 4 is 6.08 Å². The van der Waals surface area contributed by atoms with E-state index in [2.05, 4.69) is 49.4 Å². The van der Waals surface area contributed by atoms with Crippen LogP contribution in [0.25, 0.3) is 6.08 Å². The van der Waals surface area contributed by atoms with Crippen LogP contribution >= 0.6 is 0 Å². The molecule has 1 rings (SSSR count). The topological polar surface area (TPSA) is 9.23 Å². The molecule has 0 saturated carbocycles. The Morgan fingerprint density at radius 3 is 1.88 bits per heavy atom. The fraction of sp³-hybridized carbons (Fsp3) is 0.667. The summed E-state index contributed by atoms with van der Waals surface area (Å²) in [5, 5.41) is 0. The number of hydrogen-bond donors (Lipinski definition) is 0. The number of rotatable bonds is 17. The zero-order valence-corrected chi connectivity index (χ0v) is 16.6. The van der Waals surface area contributed by atoms with Gasteiger partial charge in [-0.2, -0.15) is 0 Å². The summed E-state index contributed by atoms with van der Waals surface area (Å²) < 4.78 is 5.75. The fourth-order valence-electron chi connectivity index (χ4n) is 3.04. The van der Waals surface area contributed by atoms with Crippen molar-refractivity contribution in [1.82, 2.24) is 0 Å². The number of ether oxygens (including phenoxy) is 1. The summed E-state index contributed by atoms with van der Waals surface area (Å²) in [5.74, 6) is 0. The Kier molecular flexibility index (Phi) is 15.6. The highest BCUT2D eigenvalue weighted by Crippen LogP contribution is 2.10. The molecular weight excluding hydrogens is 304 g/mol. The van der Waals surface area contributed by atoms with E-state index in [9.17, 15) is 0 Å². The minimum Gasteiger partial charge on any atom is -0.381 e. The van der Waals surface area contributed by atoms with Crippen molar-refractivity contribution in [2.75, 3.05) is 13.2 Å². The molecule has 0 saturated heterocycles. The maximum absolute atomic E-state index is 5.75. The average molecular weight is 345 g/mol. The molecule has 0 fully saturated rings. The van der Waals surface area contributed by atoms with Crippen LogP contribution in [0.15, 0.2) is 36.4 Å². The van der Waals surface area contributed by atoms with Crippen molar-refractivity contribution in [3.05, 3.63) is 42.0 Å². The summed E-state index contributed by atoms with van der Waals surface area (Å²) in [6, 6.07) is 10.5. The van der Waals surface area contributed by atoms with E-state index in [1.807, 2.05) is 0 Å². The van der Waals surface area contributed by atoms with Crippen molar-refractivity contribution in [2.45, 2.75) is 90.4 Å². The molecular formula is C24H40O. The van der Waals surface area contributed by atoms with Crippen LogP contribution in [0.1, 0.15) is 96.0 Å². The zero-order valence-electron chi connectivity index (χ0n) is 16.6. The van der Waals surface area contributed by atoms with Crippen molar-refractivity contribution in [2.24, 2.45) is 0 Å². The molecule has 1 heteroatoms. The van der Waals surface area contributed by atoms with Gasteiger partial charge in [0.25, 0.3) is 0 Å². The van der Waals surface area contributed by atoms with E-state index in [1.165, 1.54) is 82.6 Å². The van der Waals surface area contributed by atoms with Gasteiger partial charge in [-0.05, 0) is 31.2 Å². The van der Waals surface area contributed by atoms with Crippen LogP contribution in [-0.4, -0.2) is 13.2 Å². The second kappa shape index (κ2) is 17.7. The highest BCUT2D eigenvalue weighted by molar-refractivity contribution is 5.48. The minimum atomic E-state index is 0.927. The zero-order chi connectivity index (χ0) is 17.8. The number of benzene rings is 1. The van der Waals surface area contributed by atoms with Gasteiger partial charge in [0.2, 0.25) is 0 Å². The number of allylic oxidation sites excluding steroid dienone is 1. The molecule has 0 atom stereocenters. The first-order valence-corrected chi connectivity index (χ1v) is 10.7. The van der Waals surface area contributed by atoms with Crippen molar-refractivity contribution in [3.8, 4) is 0 Å². The molecule has 0 N–H and O–H groups in total. The Labute approximate surface area is 156 Å². The predicted octanol–water partition coefficient (Wildman–Crippen LogP) is 7.81. The van der Waals surface area contributed by atoms with Crippen LogP contribution in [0.2, 0.25) is 0 Å². The van der Waals surface area contributed by atoms with Gasteiger partial charge >= 0.3 is 0 Å². The van der Waals surface area contributed by atoms with E-state index in [4.69, 9.17) is 4.74 Å². The summed E-state index contributed by atoms with van der Waals surface area (Å²) in [5.41, 5.74) is 1.29. The van der Waals surface area contributed by atoms with Gasteiger partial charge in [-0.3, -0.25) is 0 Å². The summed E-state index contributed by atoms with van der Waals surface area (Å²) in [4.78, 5) is 0. The van der Waals surface area contributed by atoms with Crippen LogP contribution in [0.3, 0.4) is 0 Å². The Morgan fingerprint density at radius 2 is 1.24 bits per heavy atom. The lowest BCUT2D eigenvalue weighted by Crippen LogP contribution is -1.97. The van der Waals surface area contributed by atoms with E-state index >= 15 is 0 Å². The Hall–Kier alpha value is -1.08. The molecule has 0 aromatic heterocycles. The van der Waals surface area contributed by atoms with Gasteiger partial charge in [0.15, 0.2) is 0 Å². The Balaban J connectivity index is 1.74. The van der Waals surface area contributed by atoms with E-state index < -0.39 is 0 Å². The minimum absolute atomic E-state index is 0.927. The summed E-state index contributed by atoms with van der Waals surface area (Å²) in [7, 11) is 0. The number of hydrogen-bond acceptors (Lipinski definition) is 1. The molecule has 0 amide bonds. The van der Waals surface area contributed by atoms with E-state index in [1.54, 1.807) is 0 Å². The quantitative estimate of drug-likeness (QED) is 0.262. The van der Waals surface area contributed by atoms with Crippen molar-refractivity contribution in [1.29, 1.82) is 0 Å². The molecule has 0 aliphatic heterocycles. The van der Waals surface area contributed by atoms with Gasteiger partial charge in [-0.25, -0.2) is 0 Å². The lowest BCUT2D eigenvalue weighted by Gasteiger charge is -2.04. The highest BCUT2D eigenvalue weighted by Gasteiger charge is 1.93. The molecule has 1 aromatic carbocycles. The molecule has 0 radical (unpaired) electrons. The standard InChI is InChI=1S/C24H40O/c1-2-3-4-5-6-7-8-9-11-17-22-25-23-18-12-10-14-19-24-20-15-13-16-21-24/h13-16,19-21H,2-12,17-18,22-23H2,1H3/b19-14+. The molecule has 1 aromatic rings. The normalized spacial score (nSPS) is 11.4. The van der Waals surface area contributed by atoms with Crippen LogP contribution < -0.4 is 0 Å². The molecule has 0 aliphatic rings. The third-order valence-corrected chi connectivity index (χ3v) is 4.66. The molecule has 0 aliphatic carbocycles. The molecule has 0 bridgehead atoms. The summed E-state index contributed by atoms with van der Waals surface area (Å²) in [6.45, 7) is 4.16. The smallest absolute Gasteiger partial charge is 0.0466 e. The number of unbranched alkanes of at least 4 members (excludes halogenated alkanes) is 11. The molecule has 0 spiro atoms. The van der Waals surface area contributed by atoms with Gasteiger partial charge in [-0.1, -0.05) is 107 Å². The van der Waals surface area contributed by atoms with Crippen LogP contribution in [0.4, 0.5) is 0 Å². The maximum atomic E-state index is 5.75. The highest BCUT2D eigenvalue weighted by atomic mass is 16.5. The van der Waals surface area contributed by atoms with Gasteiger partial charge in [0.05, 0.1) is 0 Å². The average Bonchev–Trinajstić information content (AvgIpc) is 2.65. The lowest BCUT2D eigenvalue weighted by atomic mass is 10.1. The lowest BCUT2D eigenvalue weighted by molar-refractivity contribution is 0.126. The largest absolute Gasteiger partial charge is 0.381 e. The molecule has 25 heavy (non-hydrogen) atoms. The third kappa shape index (κ3) is 14.9. The first-order valence-electron chi connectivity index (χ1n) is 10.7. The maximum Gasteiger partial charge on any atom is 0.0466 e. The van der Waals surface area contributed by atoms with Gasteiger partial charge in [-0.15, -0.1) is 0 Å². The Morgan fingerprint density at radius 1 is 0.680 bits per heavy atom. The van der Waals surface area contributed by atoms with Crippen LogP contribution in [0.5, 0.6) is 0 Å². The van der Waals surface area contributed by atoms with E-state index in [0.29, 0.717) is 0 Å². The van der Waals surface area contributed by atoms with Gasteiger partial charge in [0, 0.05) is 13.2 Å². The summed E-state index contributed by atoms with van der Waals surface area (Å²) >= 11 is 0. The van der Waals surface area contributed by atoms with Crippen molar-refractivity contribution < 1.29 is 4.74 Å². The second-order valence-corrected chi connectivity index (χ2v) is 7.10. The molecule has 142 valence electrons. The third-order valence-electron chi connectivity index (χ3n) is 4.66. The summed E-state index contributed by atoms with van der Waals surface area (Å²) in [6.07, 6.45) is 21.9. The first-order chi connectivity index (χ1) is 12.4. The molecule has 0 heterocycles.